The molecule has 2 heterocycles. The molecule has 1 amide bonds. The number of piperidine rings is 1. The average Bonchev–Trinajstić information content (AvgIpc) is 2.95. The highest BCUT2D eigenvalue weighted by Gasteiger charge is 2.35. The molecule has 2 fully saturated rings. The molecule has 2 unspecified atom stereocenters. The number of benzene rings is 1. The number of hydrogen-bond acceptors (Lipinski definition) is 5. The normalized spacial score (nSPS) is 26.0. The Labute approximate surface area is 158 Å². The third kappa shape index (κ3) is 4.69. The molecular weight excluding hydrogens is 373 g/mol. The van der Waals surface area contributed by atoms with Crippen molar-refractivity contribution >= 4 is 27.3 Å². The van der Waals surface area contributed by atoms with E-state index in [0.717, 1.165) is 11.9 Å². The Hall–Kier alpha value is -2.34. The summed E-state index contributed by atoms with van der Waals surface area (Å²) in [5, 5.41) is 0. The molecule has 3 rings (SSSR count). The largest absolute Gasteiger partial charge is 0.443 e. The lowest BCUT2D eigenvalue weighted by Crippen LogP contribution is -2.42. The predicted molar refractivity (Wildman–Crippen MR) is 100 cm³/mol. The van der Waals surface area contributed by atoms with Crippen LogP contribution >= 0.6 is 0 Å². The highest BCUT2D eigenvalue weighted by Crippen LogP contribution is 2.29. The van der Waals surface area contributed by atoms with Gasteiger partial charge in [0.2, 0.25) is 6.54 Å². The van der Waals surface area contributed by atoms with Crippen LogP contribution in [0.3, 0.4) is 0 Å². The number of halogens is 1. The van der Waals surface area contributed by atoms with Crippen LogP contribution in [0, 0.1) is 12.5 Å². The van der Waals surface area contributed by atoms with Gasteiger partial charge in [-0.05, 0) is 30.7 Å². The van der Waals surface area contributed by atoms with Crippen molar-refractivity contribution in [2.75, 3.05) is 48.0 Å². The van der Waals surface area contributed by atoms with Gasteiger partial charge in [0.1, 0.15) is 12.3 Å². The maximum absolute atomic E-state index is 14.2. The van der Waals surface area contributed by atoms with E-state index in [2.05, 4.69) is 4.85 Å². The number of rotatable bonds is 5. The molecule has 0 spiro atoms. The van der Waals surface area contributed by atoms with E-state index in [1.165, 1.54) is 4.90 Å². The molecular formula is C18H22FN3O4S. The second-order valence-corrected chi connectivity index (χ2v) is 9.26. The number of cyclic esters (lactones) is 1. The number of sulfone groups is 1. The van der Waals surface area contributed by atoms with Crippen LogP contribution in [0.25, 0.3) is 4.85 Å². The number of carbonyl (C=O) groups excluding carboxylic acids is 1. The van der Waals surface area contributed by atoms with Gasteiger partial charge in [0.15, 0.2) is 9.84 Å². The van der Waals surface area contributed by atoms with E-state index < -0.39 is 28.2 Å². The molecule has 146 valence electrons. The van der Waals surface area contributed by atoms with E-state index in [1.807, 2.05) is 17.0 Å². The van der Waals surface area contributed by atoms with E-state index in [9.17, 15) is 17.6 Å². The lowest BCUT2D eigenvalue weighted by Gasteiger charge is -2.34. The van der Waals surface area contributed by atoms with Gasteiger partial charge in [-0.1, -0.05) is 0 Å². The third-order valence-electron chi connectivity index (χ3n) is 4.89. The number of hydrogen-bond donors (Lipinski definition) is 0. The molecule has 0 aromatic heterocycles. The zero-order valence-electron chi connectivity index (χ0n) is 15.0. The summed E-state index contributed by atoms with van der Waals surface area (Å²) in [7, 11) is -3.24. The summed E-state index contributed by atoms with van der Waals surface area (Å²) in [6.07, 6.45) is -0.534. The van der Waals surface area contributed by atoms with Crippen molar-refractivity contribution in [3.05, 3.63) is 35.7 Å². The van der Waals surface area contributed by atoms with Gasteiger partial charge in [0, 0.05) is 30.7 Å². The molecule has 7 nitrogen and oxygen atoms in total. The van der Waals surface area contributed by atoms with Crippen LogP contribution in [0.15, 0.2) is 24.3 Å². The molecule has 0 radical (unpaired) electrons. The fourth-order valence-electron chi connectivity index (χ4n) is 3.51. The van der Waals surface area contributed by atoms with Crippen molar-refractivity contribution in [3.63, 3.8) is 0 Å². The molecule has 27 heavy (non-hydrogen) atoms. The molecule has 9 heteroatoms. The fraction of sp³-hybridized carbons (Fsp3) is 0.556. The molecule has 0 N–H and O–H groups in total. The Bertz CT molecular complexity index is 837. The van der Waals surface area contributed by atoms with Crippen molar-refractivity contribution < 1.29 is 22.3 Å². The number of alkyl halides is 1. The standard InChI is InChI=1S/C18H22FN3O4S/c1-20-9-13-7-8-21(11-17(13)19)14-3-5-15(6-4-14)22-10-16(26-18(22)23)12-27(2,24)25/h3-6,13,16-17H,7-12H2,2H3/t13?,16-,17?/m1/s1. The van der Waals surface area contributed by atoms with Crippen LogP contribution in [-0.4, -0.2) is 65.0 Å². The fourth-order valence-corrected chi connectivity index (χ4v) is 4.36. The van der Waals surface area contributed by atoms with Gasteiger partial charge in [0.05, 0.1) is 18.2 Å². The first kappa shape index (κ1) is 19.4. The molecule has 0 saturated carbocycles. The molecule has 0 bridgehead atoms. The van der Waals surface area contributed by atoms with Crippen LogP contribution in [-0.2, 0) is 14.6 Å². The van der Waals surface area contributed by atoms with Crippen LogP contribution in [0.2, 0.25) is 0 Å². The Kier molecular flexibility index (Phi) is 5.56. The quantitative estimate of drug-likeness (QED) is 0.715. The van der Waals surface area contributed by atoms with Gasteiger partial charge < -0.3 is 14.5 Å². The first-order chi connectivity index (χ1) is 12.8. The molecule has 1 aromatic rings. The minimum atomic E-state index is -3.24. The van der Waals surface area contributed by atoms with Gasteiger partial charge in [-0.2, -0.15) is 0 Å². The maximum Gasteiger partial charge on any atom is 0.414 e. The lowest BCUT2D eigenvalue weighted by atomic mass is 9.94. The predicted octanol–water partition coefficient (Wildman–Crippen LogP) is 2.14. The minimum Gasteiger partial charge on any atom is -0.443 e. The van der Waals surface area contributed by atoms with Gasteiger partial charge in [-0.3, -0.25) is 4.90 Å². The molecule has 2 aliphatic heterocycles. The number of carbonyl (C=O) groups is 1. The Morgan fingerprint density at radius 3 is 2.52 bits per heavy atom. The highest BCUT2D eigenvalue weighted by molar-refractivity contribution is 7.90. The molecule has 2 saturated heterocycles. The molecule has 2 aliphatic rings. The summed E-state index contributed by atoms with van der Waals surface area (Å²) >= 11 is 0. The average molecular weight is 395 g/mol. The monoisotopic (exact) mass is 395 g/mol. The van der Waals surface area contributed by atoms with Gasteiger partial charge >= 0.3 is 6.09 Å². The maximum atomic E-state index is 14.2. The lowest BCUT2D eigenvalue weighted by molar-refractivity contribution is 0.151. The van der Waals surface area contributed by atoms with Crippen LogP contribution in [0.5, 0.6) is 0 Å². The van der Waals surface area contributed by atoms with Crippen LogP contribution < -0.4 is 9.80 Å². The first-order valence-corrected chi connectivity index (χ1v) is 10.8. The molecule has 1 aromatic carbocycles. The van der Waals surface area contributed by atoms with E-state index in [4.69, 9.17) is 11.3 Å². The first-order valence-electron chi connectivity index (χ1n) is 8.75. The smallest absolute Gasteiger partial charge is 0.414 e. The second kappa shape index (κ2) is 7.72. The van der Waals surface area contributed by atoms with E-state index in [-0.39, 0.29) is 31.3 Å². The molecule has 3 atom stereocenters. The van der Waals surface area contributed by atoms with Crippen molar-refractivity contribution in [1.82, 2.24) is 0 Å². The summed E-state index contributed by atoms with van der Waals surface area (Å²) in [6, 6.07) is 7.12. The number of amides is 1. The summed E-state index contributed by atoms with van der Waals surface area (Å²) in [6.45, 7) is 8.23. The number of nitrogens with zero attached hydrogens (tertiary/aromatic N) is 3. The van der Waals surface area contributed by atoms with Crippen LogP contribution in [0.1, 0.15) is 6.42 Å². The number of anilines is 2. The van der Waals surface area contributed by atoms with Gasteiger partial charge in [0.25, 0.3) is 0 Å². The Morgan fingerprint density at radius 1 is 1.26 bits per heavy atom. The molecule has 0 aliphatic carbocycles. The Balaban J connectivity index is 1.64. The summed E-state index contributed by atoms with van der Waals surface area (Å²) in [5.41, 5.74) is 1.46. The van der Waals surface area contributed by atoms with Crippen molar-refractivity contribution in [2.45, 2.75) is 18.7 Å². The van der Waals surface area contributed by atoms with Crippen LogP contribution in [0.4, 0.5) is 20.6 Å². The van der Waals surface area contributed by atoms with Gasteiger partial charge in [-0.15, -0.1) is 0 Å². The minimum absolute atomic E-state index is 0.180. The third-order valence-corrected chi connectivity index (χ3v) is 5.87. The summed E-state index contributed by atoms with van der Waals surface area (Å²) in [5.74, 6) is -0.408. The number of ether oxygens (including phenoxy) is 1. The van der Waals surface area contributed by atoms with Crippen molar-refractivity contribution in [3.8, 4) is 0 Å². The second-order valence-electron chi connectivity index (χ2n) is 7.08. The topological polar surface area (TPSA) is 71.3 Å². The SMILES string of the molecule is [C-]#[N+]CC1CCN(c2ccc(N3C[C@H](CS(C)(=O)=O)OC3=O)cc2)CC1F. The van der Waals surface area contributed by atoms with Crippen molar-refractivity contribution in [2.24, 2.45) is 5.92 Å². The van der Waals surface area contributed by atoms with Crippen molar-refractivity contribution in [1.29, 1.82) is 0 Å². The summed E-state index contributed by atoms with van der Waals surface area (Å²) in [4.78, 5) is 18.7. The highest BCUT2D eigenvalue weighted by atomic mass is 32.2. The van der Waals surface area contributed by atoms with E-state index in [0.29, 0.717) is 18.7 Å². The van der Waals surface area contributed by atoms with E-state index in [1.54, 1.807) is 12.1 Å². The zero-order chi connectivity index (χ0) is 19.6. The summed E-state index contributed by atoms with van der Waals surface area (Å²) < 4.78 is 42.1. The Morgan fingerprint density at radius 2 is 1.93 bits per heavy atom. The zero-order valence-corrected chi connectivity index (χ0v) is 15.9. The van der Waals surface area contributed by atoms with E-state index >= 15 is 0 Å². The van der Waals surface area contributed by atoms with Gasteiger partial charge in [-0.25, -0.2) is 24.2 Å².